The number of hydrogen-bond acceptors (Lipinski definition) is 2. The third kappa shape index (κ3) is 2.31. The van der Waals surface area contributed by atoms with Crippen LogP contribution in [-0.2, 0) is 11.8 Å². The van der Waals surface area contributed by atoms with Gasteiger partial charge in [0.25, 0.3) is 0 Å². The van der Waals surface area contributed by atoms with Gasteiger partial charge in [-0.15, -0.1) is 0 Å². The third-order valence-electron chi connectivity index (χ3n) is 3.45. The first-order valence-electron chi connectivity index (χ1n) is 5.93. The maximum Gasteiger partial charge on any atom is 0.142 e. The van der Waals surface area contributed by atoms with Crippen molar-refractivity contribution in [1.82, 2.24) is 0 Å². The average Bonchev–Trinajstić information content (AvgIpc) is 2.28. The third-order valence-corrected chi connectivity index (χ3v) is 3.45. The van der Waals surface area contributed by atoms with Crippen molar-refractivity contribution in [2.24, 2.45) is 0 Å². The summed E-state index contributed by atoms with van der Waals surface area (Å²) in [6, 6.07) is 4.14. The standard InChI is InChI=1S/C14H23NO/c1-6-10-8-12(15)13(16-5)9-11(10)14(3,4)7-2/h8-9H,6-7,15H2,1-5H3. The minimum absolute atomic E-state index is 0.173. The number of nitrogen functional groups attached to an aromatic ring is 1. The molecule has 1 aromatic rings. The van der Waals surface area contributed by atoms with E-state index in [1.807, 2.05) is 6.07 Å². The zero-order valence-corrected chi connectivity index (χ0v) is 11.1. The smallest absolute Gasteiger partial charge is 0.142 e. The molecule has 0 fully saturated rings. The summed E-state index contributed by atoms with van der Waals surface area (Å²) in [6.07, 6.45) is 2.11. The summed E-state index contributed by atoms with van der Waals surface area (Å²) in [5, 5.41) is 0. The monoisotopic (exact) mass is 221 g/mol. The summed E-state index contributed by atoms with van der Waals surface area (Å²) in [6.45, 7) is 8.90. The van der Waals surface area contributed by atoms with E-state index in [0.29, 0.717) is 0 Å². The summed E-state index contributed by atoms with van der Waals surface area (Å²) in [7, 11) is 1.67. The molecule has 2 heteroatoms. The van der Waals surface area contributed by atoms with Crippen LogP contribution in [0.4, 0.5) is 5.69 Å². The molecule has 2 nitrogen and oxygen atoms in total. The second-order valence-corrected chi connectivity index (χ2v) is 4.84. The van der Waals surface area contributed by atoms with Gasteiger partial charge in [0.15, 0.2) is 0 Å². The van der Waals surface area contributed by atoms with Gasteiger partial charge in [0.1, 0.15) is 5.75 Å². The Hall–Kier alpha value is -1.18. The normalized spacial score (nSPS) is 11.6. The van der Waals surface area contributed by atoms with Crippen molar-refractivity contribution in [3.05, 3.63) is 23.3 Å². The minimum Gasteiger partial charge on any atom is -0.495 e. The second kappa shape index (κ2) is 4.77. The van der Waals surface area contributed by atoms with Gasteiger partial charge in [0.05, 0.1) is 12.8 Å². The van der Waals surface area contributed by atoms with E-state index in [2.05, 4.69) is 33.8 Å². The first-order chi connectivity index (χ1) is 7.46. The zero-order valence-electron chi connectivity index (χ0n) is 11.1. The summed E-state index contributed by atoms with van der Waals surface area (Å²) in [5.74, 6) is 0.786. The number of anilines is 1. The number of benzene rings is 1. The van der Waals surface area contributed by atoms with E-state index in [1.54, 1.807) is 7.11 Å². The van der Waals surface area contributed by atoms with Gasteiger partial charge < -0.3 is 10.5 Å². The Morgan fingerprint density at radius 1 is 1.25 bits per heavy atom. The molecule has 0 saturated carbocycles. The second-order valence-electron chi connectivity index (χ2n) is 4.84. The van der Waals surface area contributed by atoms with Crippen LogP contribution >= 0.6 is 0 Å². The van der Waals surface area contributed by atoms with E-state index < -0.39 is 0 Å². The Labute approximate surface area is 98.8 Å². The Kier molecular flexibility index (Phi) is 3.84. The molecule has 0 saturated heterocycles. The molecule has 0 atom stereocenters. The lowest BCUT2D eigenvalue weighted by Gasteiger charge is -2.27. The average molecular weight is 221 g/mol. The van der Waals surface area contributed by atoms with Crippen LogP contribution in [0.1, 0.15) is 45.2 Å². The summed E-state index contributed by atoms with van der Waals surface area (Å²) in [5.41, 5.74) is 9.52. The molecule has 16 heavy (non-hydrogen) atoms. The Balaban J connectivity index is 3.36. The lowest BCUT2D eigenvalue weighted by atomic mass is 9.79. The molecule has 0 aliphatic heterocycles. The predicted octanol–water partition coefficient (Wildman–Crippen LogP) is 3.53. The van der Waals surface area contributed by atoms with Gasteiger partial charge in [0.2, 0.25) is 0 Å². The molecule has 0 aliphatic carbocycles. The molecule has 1 aromatic carbocycles. The highest BCUT2D eigenvalue weighted by molar-refractivity contribution is 5.58. The van der Waals surface area contributed by atoms with Crippen molar-refractivity contribution in [1.29, 1.82) is 0 Å². The molecule has 0 radical (unpaired) electrons. The molecule has 0 amide bonds. The molecule has 0 heterocycles. The fourth-order valence-corrected chi connectivity index (χ4v) is 1.93. The molecule has 0 aliphatic rings. The van der Waals surface area contributed by atoms with Gasteiger partial charge in [-0.1, -0.05) is 27.7 Å². The summed E-state index contributed by atoms with van der Waals surface area (Å²) in [4.78, 5) is 0. The molecule has 0 spiro atoms. The Morgan fingerprint density at radius 3 is 2.31 bits per heavy atom. The van der Waals surface area contributed by atoms with Gasteiger partial charge in [-0.3, -0.25) is 0 Å². The van der Waals surface area contributed by atoms with Crippen molar-refractivity contribution >= 4 is 5.69 Å². The van der Waals surface area contributed by atoms with Crippen molar-refractivity contribution in [3.63, 3.8) is 0 Å². The van der Waals surface area contributed by atoms with Gasteiger partial charge in [0, 0.05) is 0 Å². The molecule has 90 valence electrons. The van der Waals surface area contributed by atoms with E-state index in [-0.39, 0.29) is 5.41 Å². The molecule has 2 N–H and O–H groups in total. The van der Waals surface area contributed by atoms with E-state index in [9.17, 15) is 0 Å². The highest BCUT2D eigenvalue weighted by Crippen LogP contribution is 2.35. The molecule has 0 aromatic heterocycles. The van der Waals surface area contributed by atoms with Crippen LogP contribution < -0.4 is 10.5 Å². The fourth-order valence-electron chi connectivity index (χ4n) is 1.93. The number of rotatable bonds is 4. The van der Waals surface area contributed by atoms with Gasteiger partial charge in [-0.05, 0) is 41.5 Å². The first-order valence-corrected chi connectivity index (χ1v) is 5.93. The maximum atomic E-state index is 5.94. The van der Waals surface area contributed by atoms with Gasteiger partial charge in [-0.25, -0.2) is 0 Å². The quantitative estimate of drug-likeness (QED) is 0.789. The highest BCUT2D eigenvalue weighted by atomic mass is 16.5. The van der Waals surface area contributed by atoms with E-state index in [4.69, 9.17) is 10.5 Å². The molecular weight excluding hydrogens is 198 g/mol. The van der Waals surface area contributed by atoms with Crippen LogP contribution in [0.5, 0.6) is 5.75 Å². The van der Waals surface area contributed by atoms with E-state index in [0.717, 1.165) is 24.3 Å². The SMILES string of the molecule is CCc1cc(N)c(OC)cc1C(C)(C)CC. The van der Waals surface area contributed by atoms with Crippen LogP contribution in [0.3, 0.4) is 0 Å². The maximum absolute atomic E-state index is 5.94. The lowest BCUT2D eigenvalue weighted by molar-refractivity contribution is 0.413. The van der Waals surface area contributed by atoms with Crippen LogP contribution in [0, 0.1) is 0 Å². The van der Waals surface area contributed by atoms with Gasteiger partial charge >= 0.3 is 0 Å². The number of nitrogens with two attached hydrogens (primary N) is 1. The summed E-state index contributed by atoms with van der Waals surface area (Å²) >= 11 is 0. The van der Waals surface area contributed by atoms with Gasteiger partial charge in [-0.2, -0.15) is 0 Å². The predicted molar refractivity (Wildman–Crippen MR) is 70.1 cm³/mol. The van der Waals surface area contributed by atoms with Crippen molar-refractivity contribution in [3.8, 4) is 5.75 Å². The fraction of sp³-hybridized carbons (Fsp3) is 0.571. The number of hydrogen-bond donors (Lipinski definition) is 1. The Morgan fingerprint density at radius 2 is 1.88 bits per heavy atom. The van der Waals surface area contributed by atoms with Crippen molar-refractivity contribution in [2.75, 3.05) is 12.8 Å². The first kappa shape index (κ1) is 12.9. The van der Waals surface area contributed by atoms with E-state index >= 15 is 0 Å². The van der Waals surface area contributed by atoms with Crippen molar-refractivity contribution in [2.45, 2.75) is 46.0 Å². The number of aryl methyl sites for hydroxylation is 1. The molecule has 0 bridgehead atoms. The molecule has 1 rings (SSSR count). The van der Waals surface area contributed by atoms with Crippen LogP contribution in [0.25, 0.3) is 0 Å². The molecular formula is C14H23NO. The van der Waals surface area contributed by atoms with Crippen LogP contribution in [0.2, 0.25) is 0 Å². The topological polar surface area (TPSA) is 35.2 Å². The van der Waals surface area contributed by atoms with Crippen molar-refractivity contribution < 1.29 is 4.74 Å². The Bertz CT molecular complexity index is 369. The summed E-state index contributed by atoms with van der Waals surface area (Å²) < 4.78 is 5.30. The zero-order chi connectivity index (χ0) is 12.3. The van der Waals surface area contributed by atoms with E-state index in [1.165, 1.54) is 11.1 Å². The largest absolute Gasteiger partial charge is 0.495 e. The highest BCUT2D eigenvalue weighted by Gasteiger charge is 2.22. The minimum atomic E-state index is 0.173. The number of ether oxygens (including phenoxy) is 1. The number of methoxy groups -OCH3 is 1. The van der Waals surface area contributed by atoms with Crippen LogP contribution in [-0.4, -0.2) is 7.11 Å². The molecule has 0 unspecified atom stereocenters. The lowest BCUT2D eigenvalue weighted by Crippen LogP contribution is -2.18. The van der Waals surface area contributed by atoms with Crippen LogP contribution in [0.15, 0.2) is 12.1 Å².